The molecule has 0 saturated heterocycles. The predicted molar refractivity (Wildman–Crippen MR) is 61.5 cm³/mol. The van der Waals surface area contributed by atoms with Gasteiger partial charge in [0.15, 0.2) is 0 Å². The first kappa shape index (κ1) is 9.93. The molecule has 0 bridgehead atoms. The van der Waals surface area contributed by atoms with E-state index in [9.17, 15) is 0 Å². The van der Waals surface area contributed by atoms with Gasteiger partial charge < -0.3 is 10.3 Å². The quantitative estimate of drug-likeness (QED) is 0.798. The van der Waals surface area contributed by atoms with Crippen molar-refractivity contribution in [1.29, 1.82) is 0 Å². The molecule has 0 aliphatic rings. The van der Waals surface area contributed by atoms with E-state index in [2.05, 4.69) is 34.3 Å². The van der Waals surface area contributed by atoms with E-state index in [1.54, 1.807) is 0 Å². The molecule has 0 spiro atoms. The number of nitrogens with one attached hydrogen (secondary N) is 2. The molecule has 0 atom stereocenters. The molecule has 0 amide bonds. The molecule has 0 aliphatic heterocycles. The van der Waals surface area contributed by atoms with Crippen LogP contribution in [0.4, 0.5) is 0 Å². The highest BCUT2D eigenvalue weighted by atomic mass is 15.0. The molecule has 78 valence electrons. The van der Waals surface area contributed by atoms with Gasteiger partial charge in [-0.1, -0.05) is 30.3 Å². The summed E-state index contributed by atoms with van der Waals surface area (Å²) in [5.74, 6) is 0.980. The van der Waals surface area contributed by atoms with Gasteiger partial charge in [-0.3, -0.25) is 0 Å². The maximum absolute atomic E-state index is 4.55. The van der Waals surface area contributed by atoms with Crippen molar-refractivity contribution >= 4 is 0 Å². The topological polar surface area (TPSA) is 40.7 Å². The Morgan fingerprint density at radius 3 is 2.67 bits per heavy atom. The van der Waals surface area contributed by atoms with Crippen molar-refractivity contribution in [2.45, 2.75) is 13.5 Å². The van der Waals surface area contributed by atoms with Crippen LogP contribution >= 0.6 is 0 Å². The minimum absolute atomic E-state index is 0.772. The molecule has 2 rings (SSSR count). The summed E-state index contributed by atoms with van der Waals surface area (Å²) in [5.41, 5.74) is 3.32. The molecular weight excluding hydrogens is 186 g/mol. The third-order valence-electron chi connectivity index (χ3n) is 2.33. The van der Waals surface area contributed by atoms with Crippen LogP contribution in [-0.4, -0.2) is 17.0 Å². The van der Waals surface area contributed by atoms with E-state index in [0.717, 1.165) is 29.3 Å². The van der Waals surface area contributed by atoms with Gasteiger partial charge in [-0.2, -0.15) is 0 Å². The first-order valence-corrected chi connectivity index (χ1v) is 5.07. The monoisotopic (exact) mass is 201 g/mol. The average Bonchev–Trinajstić information content (AvgIpc) is 2.61. The molecule has 1 aromatic heterocycles. The van der Waals surface area contributed by atoms with Gasteiger partial charge in [0.25, 0.3) is 0 Å². The van der Waals surface area contributed by atoms with Gasteiger partial charge in [-0.25, -0.2) is 4.98 Å². The van der Waals surface area contributed by atoms with Crippen LogP contribution in [0.3, 0.4) is 0 Å². The Morgan fingerprint density at radius 1 is 1.27 bits per heavy atom. The van der Waals surface area contributed by atoms with Crippen LogP contribution in [0, 0.1) is 6.92 Å². The largest absolute Gasteiger partial charge is 0.344 e. The van der Waals surface area contributed by atoms with Crippen molar-refractivity contribution in [1.82, 2.24) is 15.3 Å². The summed E-state index contributed by atoms with van der Waals surface area (Å²) >= 11 is 0. The molecule has 0 aliphatic carbocycles. The Morgan fingerprint density at radius 2 is 2.00 bits per heavy atom. The number of hydrogen-bond donors (Lipinski definition) is 2. The molecule has 3 heteroatoms. The zero-order valence-electron chi connectivity index (χ0n) is 9.04. The first-order valence-electron chi connectivity index (χ1n) is 5.07. The third kappa shape index (κ3) is 2.07. The summed E-state index contributed by atoms with van der Waals surface area (Å²) in [6, 6.07) is 10.2. The lowest BCUT2D eigenvalue weighted by Crippen LogP contribution is -2.06. The summed E-state index contributed by atoms with van der Waals surface area (Å²) in [7, 11) is 1.92. The summed E-state index contributed by atoms with van der Waals surface area (Å²) in [4.78, 5) is 7.82. The second-order valence-electron chi connectivity index (χ2n) is 3.55. The smallest absolute Gasteiger partial charge is 0.121 e. The van der Waals surface area contributed by atoms with Crippen molar-refractivity contribution in [2.24, 2.45) is 0 Å². The predicted octanol–water partition coefficient (Wildman–Crippen LogP) is 2.10. The maximum Gasteiger partial charge on any atom is 0.121 e. The van der Waals surface area contributed by atoms with E-state index in [1.165, 1.54) is 0 Å². The minimum Gasteiger partial charge on any atom is -0.344 e. The number of imidazole rings is 1. The molecule has 15 heavy (non-hydrogen) atoms. The van der Waals surface area contributed by atoms with Crippen LogP contribution in [0.2, 0.25) is 0 Å². The lowest BCUT2D eigenvalue weighted by Gasteiger charge is -1.96. The van der Waals surface area contributed by atoms with Crippen molar-refractivity contribution in [3.8, 4) is 11.3 Å². The van der Waals surface area contributed by atoms with Crippen LogP contribution in [0.25, 0.3) is 11.3 Å². The molecule has 0 radical (unpaired) electrons. The fourth-order valence-electron chi connectivity index (χ4n) is 1.65. The van der Waals surface area contributed by atoms with Crippen LogP contribution in [0.1, 0.15) is 11.5 Å². The first-order chi connectivity index (χ1) is 7.31. The van der Waals surface area contributed by atoms with E-state index < -0.39 is 0 Å². The standard InChI is InChI=1S/C12H15N3/c1-9-12(10-6-4-3-5-7-10)15-11(14-9)8-13-2/h3-7,13H,8H2,1-2H3,(H,14,15). The van der Waals surface area contributed by atoms with Gasteiger partial charge in [0, 0.05) is 11.3 Å². The van der Waals surface area contributed by atoms with E-state index in [4.69, 9.17) is 0 Å². The van der Waals surface area contributed by atoms with Gasteiger partial charge in [0.05, 0.1) is 12.2 Å². The molecule has 0 unspecified atom stereocenters. The molecule has 2 N–H and O–H groups in total. The second-order valence-corrected chi connectivity index (χ2v) is 3.55. The summed E-state index contributed by atoms with van der Waals surface area (Å²) in [6.45, 7) is 2.82. The Labute approximate surface area is 89.6 Å². The van der Waals surface area contributed by atoms with Gasteiger partial charge in [0.1, 0.15) is 5.82 Å². The van der Waals surface area contributed by atoms with Crippen molar-refractivity contribution in [2.75, 3.05) is 7.05 Å². The third-order valence-corrected chi connectivity index (χ3v) is 2.33. The molecule has 1 aromatic carbocycles. The normalized spacial score (nSPS) is 10.5. The molecule has 0 fully saturated rings. The molecule has 3 nitrogen and oxygen atoms in total. The summed E-state index contributed by atoms with van der Waals surface area (Å²) in [6.07, 6.45) is 0. The number of aromatic amines is 1. The number of rotatable bonds is 3. The summed E-state index contributed by atoms with van der Waals surface area (Å²) < 4.78 is 0. The molecule has 1 heterocycles. The molecule has 2 aromatic rings. The molecule has 0 saturated carbocycles. The minimum atomic E-state index is 0.772. The number of aryl methyl sites for hydroxylation is 1. The highest BCUT2D eigenvalue weighted by Crippen LogP contribution is 2.20. The SMILES string of the molecule is CNCc1nc(-c2ccccc2)c(C)[nH]1. The van der Waals surface area contributed by atoms with Gasteiger partial charge in [-0.15, -0.1) is 0 Å². The van der Waals surface area contributed by atoms with E-state index in [-0.39, 0.29) is 0 Å². The maximum atomic E-state index is 4.55. The molecular formula is C12H15N3. The van der Waals surface area contributed by atoms with Crippen LogP contribution in [0.5, 0.6) is 0 Å². The summed E-state index contributed by atoms with van der Waals surface area (Å²) in [5, 5.41) is 3.08. The second kappa shape index (κ2) is 4.28. The Bertz CT molecular complexity index is 431. The van der Waals surface area contributed by atoms with E-state index in [0.29, 0.717) is 0 Å². The number of hydrogen-bond acceptors (Lipinski definition) is 2. The highest BCUT2D eigenvalue weighted by molar-refractivity contribution is 5.61. The fraction of sp³-hybridized carbons (Fsp3) is 0.250. The van der Waals surface area contributed by atoms with Crippen molar-refractivity contribution in [3.05, 3.63) is 41.9 Å². The number of benzene rings is 1. The Hall–Kier alpha value is -1.61. The Kier molecular flexibility index (Phi) is 2.83. The lowest BCUT2D eigenvalue weighted by atomic mass is 10.1. The number of aromatic nitrogens is 2. The van der Waals surface area contributed by atoms with Crippen molar-refractivity contribution in [3.63, 3.8) is 0 Å². The van der Waals surface area contributed by atoms with Gasteiger partial charge in [0.2, 0.25) is 0 Å². The zero-order chi connectivity index (χ0) is 10.7. The Balaban J connectivity index is 2.36. The van der Waals surface area contributed by atoms with E-state index >= 15 is 0 Å². The number of nitrogens with zero attached hydrogens (tertiary/aromatic N) is 1. The average molecular weight is 201 g/mol. The van der Waals surface area contributed by atoms with Crippen LogP contribution in [0.15, 0.2) is 30.3 Å². The fourth-order valence-corrected chi connectivity index (χ4v) is 1.65. The van der Waals surface area contributed by atoms with E-state index in [1.807, 2.05) is 25.2 Å². The van der Waals surface area contributed by atoms with Crippen molar-refractivity contribution < 1.29 is 0 Å². The lowest BCUT2D eigenvalue weighted by molar-refractivity contribution is 0.770. The van der Waals surface area contributed by atoms with Gasteiger partial charge in [-0.05, 0) is 14.0 Å². The highest BCUT2D eigenvalue weighted by Gasteiger charge is 2.07. The van der Waals surface area contributed by atoms with Crippen LogP contribution < -0.4 is 5.32 Å². The van der Waals surface area contributed by atoms with Crippen LogP contribution in [-0.2, 0) is 6.54 Å². The zero-order valence-corrected chi connectivity index (χ0v) is 9.04. The van der Waals surface area contributed by atoms with Gasteiger partial charge >= 0.3 is 0 Å². The number of H-pyrrole nitrogens is 1.